The second-order valence-corrected chi connectivity index (χ2v) is 5.95. The van der Waals surface area contributed by atoms with Crippen molar-refractivity contribution < 1.29 is 18.0 Å². The summed E-state index contributed by atoms with van der Waals surface area (Å²) in [5.74, 6) is 0.560. The third kappa shape index (κ3) is 2.33. The zero-order valence-electron chi connectivity index (χ0n) is 10.1. The molecule has 0 saturated carbocycles. The van der Waals surface area contributed by atoms with Crippen LogP contribution < -0.4 is 4.90 Å². The van der Waals surface area contributed by atoms with E-state index in [4.69, 9.17) is 0 Å². The Morgan fingerprint density at radius 3 is 2.74 bits per heavy atom. The number of hydrogen-bond donors (Lipinski definition) is 0. The topological polar surface area (TPSA) is 20.3 Å². The molecule has 2 aliphatic rings. The summed E-state index contributed by atoms with van der Waals surface area (Å²) in [7, 11) is 0. The molecule has 0 N–H and O–H groups in total. The first-order chi connectivity index (χ1) is 8.95. The van der Waals surface area contributed by atoms with Gasteiger partial charge in [0.1, 0.15) is 0 Å². The van der Waals surface area contributed by atoms with Crippen LogP contribution in [0.15, 0.2) is 17.0 Å². The van der Waals surface area contributed by atoms with Crippen molar-refractivity contribution in [3.8, 4) is 0 Å². The van der Waals surface area contributed by atoms with Gasteiger partial charge in [-0.05, 0) is 35.8 Å². The van der Waals surface area contributed by atoms with Gasteiger partial charge in [-0.15, -0.1) is 11.8 Å². The molecule has 102 valence electrons. The van der Waals surface area contributed by atoms with Gasteiger partial charge in [-0.2, -0.15) is 13.2 Å². The lowest BCUT2D eigenvalue weighted by molar-refractivity contribution is -0.138. The van der Waals surface area contributed by atoms with Crippen molar-refractivity contribution in [1.82, 2.24) is 0 Å². The number of aryl methyl sites for hydroxylation is 1. The number of benzene rings is 1. The van der Waals surface area contributed by atoms with Crippen LogP contribution in [0.5, 0.6) is 0 Å². The van der Waals surface area contributed by atoms with E-state index in [0.29, 0.717) is 5.56 Å². The molecule has 0 unspecified atom stereocenters. The van der Waals surface area contributed by atoms with Crippen molar-refractivity contribution in [3.05, 3.63) is 23.3 Å². The Balaban J connectivity index is 2.10. The highest BCUT2D eigenvalue weighted by atomic mass is 32.2. The number of nitrogens with zero attached hydrogens (tertiary/aromatic N) is 1. The smallest absolute Gasteiger partial charge is 0.297 e. The minimum Gasteiger partial charge on any atom is -0.297 e. The zero-order chi connectivity index (χ0) is 13.6. The van der Waals surface area contributed by atoms with Crippen LogP contribution in [-0.2, 0) is 17.6 Å². The molecule has 0 bridgehead atoms. The summed E-state index contributed by atoms with van der Waals surface area (Å²) in [5, 5.41) is 0. The van der Waals surface area contributed by atoms with E-state index in [-0.39, 0.29) is 22.8 Å². The lowest BCUT2D eigenvalue weighted by Crippen LogP contribution is -2.45. The van der Waals surface area contributed by atoms with E-state index in [1.54, 1.807) is 23.9 Å². The van der Waals surface area contributed by atoms with Gasteiger partial charge >= 0.3 is 6.30 Å². The zero-order valence-corrected chi connectivity index (χ0v) is 10.9. The van der Waals surface area contributed by atoms with Crippen LogP contribution in [0.3, 0.4) is 0 Å². The van der Waals surface area contributed by atoms with Crippen molar-refractivity contribution in [2.45, 2.75) is 30.5 Å². The quantitative estimate of drug-likeness (QED) is 0.684. The highest BCUT2D eigenvalue weighted by Gasteiger charge is 2.42. The van der Waals surface area contributed by atoms with E-state index in [9.17, 15) is 18.0 Å². The van der Waals surface area contributed by atoms with Crippen molar-refractivity contribution in [2.75, 3.05) is 17.2 Å². The average Bonchev–Trinajstić information content (AvgIpc) is 2.34. The van der Waals surface area contributed by atoms with E-state index in [2.05, 4.69) is 0 Å². The fourth-order valence-electron chi connectivity index (χ4n) is 2.59. The van der Waals surface area contributed by atoms with Crippen LogP contribution in [0.1, 0.15) is 17.5 Å². The van der Waals surface area contributed by atoms with E-state index >= 15 is 0 Å². The molecule has 2 aliphatic heterocycles. The molecule has 0 saturated heterocycles. The predicted molar refractivity (Wildman–Crippen MR) is 67.6 cm³/mol. The van der Waals surface area contributed by atoms with E-state index < -0.39 is 12.8 Å². The summed E-state index contributed by atoms with van der Waals surface area (Å²) < 4.78 is 39.0. The highest BCUT2D eigenvalue weighted by molar-refractivity contribution is 7.99. The molecule has 1 aromatic rings. The Morgan fingerprint density at radius 2 is 2.00 bits per heavy atom. The number of carbonyl (C=O) groups is 1. The highest BCUT2D eigenvalue weighted by Crippen LogP contribution is 2.40. The number of thioether (sulfide) groups is 1. The number of hydrogen-bond acceptors (Lipinski definition) is 3. The molecular weight excluding hydrogens is 275 g/mol. The Labute approximate surface area is 113 Å². The standard InChI is InChI=1S/C13H12F3NOS/c14-13(15,16)17-7-10(18)5-9-4-8-2-1-3-19-12(8)6-11(9)17/h4,6H,1-3,5,7H2. The number of Topliss-reactive ketones (excluding diaryl/α,β-unsaturated/α-hetero) is 1. The molecule has 2 nitrogen and oxygen atoms in total. The molecule has 0 radical (unpaired) electrons. The van der Waals surface area contributed by atoms with Crippen LogP contribution >= 0.6 is 11.8 Å². The van der Waals surface area contributed by atoms with Crippen LogP contribution in [0.2, 0.25) is 0 Å². The number of rotatable bonds is 0. The lowest BCUT2D eigenvalue weighted by atomic mass is 9.97. The number of alkyl halides is 3. The number of fused-ring (bicyclic) bond motifs is 2. The van der Waals surface area contributed by atoms with Gasteiger partial charge < -0.3 is 0 Å². The maximum atomic E-state index is 13.0. The number of ketones is 1. The van der Waals surface area contributed by atoms with Crippen LogP contribution in [0.4, 0.5) is 18.9 Å². The Morgan fingerprint density at radius 1 is 1.21 bits per heavy atom. The minimum atomic E-state index is -4.50. The van der Waals surface area contributed by atoms with Gasteiger partial charge in [-0.1, -0.05) is 6.07 Å². The van der Waals surface area contributed by atoms with Crippen LogP contribution in [-0.4, -0.2) is 24.4 Å². The first-order valence-corrected chi connectivity index (χ1v) is 7.08. The van der Waals surface area contributed by atoms with E-state index in [1.165, 1.54) is 0 Å². The summed E-state index contributed by atoms with van der Waals surface area (Å²) in [5.41, 5.74) is 1.74. The first-order valence-electron chi connectivity index (χ1n) is 6.10. The Kier molecular flexibility index (Phi) is 3.00. The monoisotopic (exact) mass is 287 g/mol. The van der Waals surface area contributed by atoms with Gasteiger partial charge in [-0.25, -0.2) is 0 Å². The summed E-state index contributed by atoms with van der Waals surface area (Å²) in [6, 6.07) is 3.39. The van der Waals surface area contributed by atoms with Crippen molar-refractivity contribution in [1.29, 1.82) is 0 Å². The third-order valence-corrected chi connectivity index (χ3v) is 4.61. The summed E-state index contributed by atoms with van der Waals surface area (Å²) in [6.45, 7) is -0.569. The normalized spacial score (nSPS) is 19.1. The Bertz CT molecular complexity index is 541. The molecule has 0 aliphatic carbocycles. The molecule has 2 heterocycles. The average molecular weight is 287 g/mol. The van der Waals surface area contributed by atoms with Crippen molar-refractivity contribution in [3.63, 3.8) is 0 Å². The molecule has 0 atom stereocenters. The van der Waals surface area contributed by atoms with Gasteiger partial charge in [0.15, 0.2) is 5.78 Å². The molecule has 19 heavy (non-hydrogen) atoms. The molecule has 0 aromatic heterocycles. The number of halogens is 3. The molecule has 1 aromatic carbocycles. The molecular formula is C13H12F3NOS. The minimum absolute atomic E-state index is 0.111. The van der Waals surface area contributed by atoms with Gasteiger partial charge in [0, 0.05) is 17.0 Å². The molecule has 3 rings (SSSR count). The van der Waals surface area contributed by atoms with Gasteiger partial charge in [0.05, 0.1) is 6.54 Å². The molecule has 0 fully saturated rings. The second kappa shape index (κ2) is 4.44. The molecule has 6 heteroatoms. The fourth-order valence-corrected chi connectivity index (χ4v) is 3.64. The van der Waals surface area contributed by atoms with E-state index in [0.717, 1.165) is 29.1 Å². The van der Waals surface area contributed by atoms with Gasteiger partial charge in [-0.3, -0.25) is 9.69 Å². The maximum Gasteiger partial charge on any atom is 0.485 e. The number of carbonyl (C=O) groups excluding carboxylic acids is 1. The van der Waals surface area contributed by atoms with Crippen LogP contribution in [0.25, 0.3) is 0 Å². The summed E-state index contributed by atoms with van der Waals surface area (Å²) >= 11 is 1.60. The van der Waals surface area contributed by atoms with Crippen LogP contribution in [0, 0.1) is 0 Å². The summed E-state index contributed by atoms with van der Waals surface area (Å²) in [6.07, 6.45) is -2.47. The third-order valence-electron chi connectivity index (χ3n) is 3.43. The van der Waals surface area contributed by atoms with Crippen molar-refractivity contribution >= 4 is 23.2 Å². The largest absolute Gasteiger partial charge is 0.485 e. The predicted octanol–water partition coefficient (Wildman–Crippen LogP) is 3.18. The lowest BCUT2D eigenvalue weighted by Gasteiger charge is -2.33. The molecule has 0 spiro atoms. The number of anilines is 1. The molecule has 0 amide bonds. The summed E-state index contributed by atoms with van der Waals surface area (Å²) in [4.78, 5) is 12.7. The first kappa shape index (κ1) is 12.8. The van der Waals surface area contributed by atoms with Crippen molar-refractivity contribution in [2.24, 2.45) is 0 Å². The van der Waals surface area contributed by atoms with Gasteiger partial charge in [0.2, 0.25) is 0 Å². The fraction of sp³-hybridized carbons (Fsp3) is 0.462. The maximum absolute atomic E-state index is 13.0. The second-order valence-electron chi connectivity index (χ2n) is 4.81. The van der Waals surface area contributed by atoms with Gasteiger partial charge in [0.25, 0.3) is 0 Å². The Hall–Kier alpha value is -1.17. The SMILES string of the molecule is O=C1Cc2cc3c(cc2N(C(F)(F)F)C1)SCCC3. The van der Waals surface area contributed by atoms with E-state index in [1.807, 2.05) is 0 Å².